The van der Waals surface area contributed by atoms with Gasteiger partial charge in [0, 0.05) is 13.1 Å². The van der Waals surface area contributed by atoms with Gasteiger partial charge in [0.25, 0.3) is 0 Å². The second kappa shape index (κ2) is 7.75. The maximum absolute atomic E-state index is 11.9. The van der Waals surface area contributed by atoms with Gasteiger partial charge >= 0.3 is 0 Å². The minimum Gasteiger partial charge on any atom is -0.368 e. The van der Waals surface area contributed by atoms with Crippen LogP contribution in [0.2, 0.25) is 0 Å². The number of likely N-dealkylation sites (N-methyl/N-ethyl adjacent to an activating group) is 1. The fraction of sp³-hybridized carbons (Fsp3) is 0.846. The van der Waals surface area contributed by atoms with Crippen LogP contribution in [0.5, 0.6) is 0 Å². The second-order valence-electron chi connectivity index (χ2n) is 5.19. The topological polar surface area (TPSA) is 75.4 Å². The fourth-order valence-corrected chi connectivity index (χ4v) is 3.10. The molecule has 2 amide bonds. The summed E-state index contributed by atoms with van der Waals surface area (Å²) >= 11 is 1.58. The van der Waals surface area contributed by atoms with Gasteiger partial charge in [0.15, 0.2) is 0 Å². The fourth-order valence-electron chi connectivity index (χ4n) is 2.04. The number of hydrogen-bond donors (Lipinski definition) is 2. The van der Waals surface area contributed by atoms with Gasteiger partial charge in [-0.1, -0.05) is 0 Å². The molecule has 0 radical (unpaired) electrons. The number of nitrogens with zero attached hydrogens (tertiary/aromatic N) is 1. The predicted octanol–water partition coefficient (Wildman–Crippen LogP) is 0.586. The lowest BCUT2D eigenvalue weighted by atomic mass is 9.99. The van der Waals surface area contributed by atoms with Crippen LogP contribution in [-0.2, 0) is 9.59 Å². The number of carbonyl (C=O) groups is 2. The Morgan fingerprint density at radius 2 is 1.95 bits per heavy atom. The van der Waals surface area contributed by atoms with Crippen LogP contribution in [0.1, 0.15) is 32.6 Å². The highest BCUT2D eigenvalue weighted by atomic mass is 32.2. The van der Waals surface area contributed by atoms with Crippen LogP contribution in [0.4, 0.5) is 0 Å². The van der Waals surface area contributed by atoms with Crippen molar-refractivity contribution < 1.29 is 9.59 Å². The molecule has 110 valence electrons. The number of thioether (sulfide) groups is 1. The zero-order valence-electron chi connectivity index (χ0n) is 11.9. The molecule has 6 heteroatoms. The number of carbonyl (C=O) groups excluding carboxylic acids is 2. The highest BCUT2D eigenvalue weighted by Crippen LogP contribution is 2.15. The number of hydrogen-bond acceptors (Lipinski definition) is 4. The van der Waals surface area contributed by atoms with E-state index in [0.717, 1.165) is 31.7 Å². The largest absolute Gasteiger partial charge is 0.368 e. The van der Waals surface area contributed by atoms with Crippen molar-refractivity contribution in [1.29, 1.82) is 0 Å². The zero-order valence-corrected chi connectivity index (χ0v) is 12.7. The van der Waals surface area contributed by atoms with Gasteiger partial charge in [-0.2, -0.15) is 11.8 Å². The molecule has 0 aromatic heterocycles. The molecule has 1 saturated heterocycles. The van der Waals surface area contributed by atoms with Crippen LogP contribution in [-0.4, -0.2) is 53.9 Å². The van der Waals surface area contributed by atoms with Gasteiger partial charge in [-0.15, -0.1) is 0 Å². The first-order valence-corrected chi connectivity index (χ1v) is 7.99. The Hall–Kier alpha value is -0.750. The molecule has 5 nitrogen and oxygen atoms in total. The van der Waals surface area contributed by atoms with Crippen LogP contribution >= 0.6 is 11.8 Å². The first-order chi connectivity index (χ1) is 8.99. The summed E-state index contributed by atoms with van der Waals surface area (Å²) in [5.74, 6) is 1.12. The summed E-state index contributed by atoms with van der Waals surface area (Å²) in [7, 11) is 1.73. The Morgan fingerprint density at radius 1 is 1.32 bits per heavy atom. The van der Waals surface area contributed by atoms with Gasteiger partial charge < -0.3 is 16.0 Å². The Morgan fingerprint density at radius 3 is 2.47 bits per heavy atom. The summed E-state index contributed by atoms with van der Waals surface area (Å²) < 4.78 is 0. The molecule has 1 rings (SSSR count). The van der Waals surface area contributed by atoms with E-state index < -0.39 is 5.54 Å². The normalized spacial score (nSPS) is 18.9. The van der Waals surface area contributed by atoms with Gasteiger partial charge in [-0.3, -0.25) is 9.59 Å². The van der Waals surface area contributed by atoms with Gasteiger partial charge in [-0.25, -0.2) is 0 Å². The van der Waals surface area contributed by atoms with E-state index in [1.165, 1.54) is 6.42 Å². The number of nitrogens with two attached hydrogens (primary N) is 1. The standard InChI is InChI=1S/C13H25N3O2S/c1-13(15-2,12(14)18)6-9-19-10-11(17)16-7-4-3-5-8-16/h15H,3-10H2,1-2H3,(H2,14,18). The molecule has 1 fully saturated rings. The molecule has 0 spiro atoms. The molecule has 0 aromatic carbocycles. The third-order valence-corrected chi connectivity index (χ3v) is 4.72. The van der Waals surface area contributed by atoms with E-state index >= 15 is 0 Å². The Bertz CT molecular complexity index is 319. The van der Waals surface area contributed by atoms with Crippen molar-refractivity contribution in [2.24, 2.45) is 5.73 Å². The third kappa shape index (κ3) is 5.03. The van der Waals surface area contributed by atoms with Crippen LogP contribution < -0.4 is 11.1 Å². The van der Waals surface area contributed by atoms with Crippen LogP contribution in [0.25, 0.3) is 0 Å². The van der Waals surface area contributed by atoms with Crippen molar-refractivity contribution in [2.75, 3.05) is 31.6 Å². The van der Waals surface area contributed by atoms with E-state index in [1.54, 1.807) is 25.7 Å². The van der Waals surface area contributed by atoms with Crippen molar-refractivity contribution in [3.05, 3.63) is 0 Å². The maximum Gasteiger partial charge on any atom is 0.237 e. The third-order valence-electron chi connectivity index (χ3n) is 3.78. The van der Waals surface area contributed by atoms with Crippen molar-refractivity contribution in [2.45, 2.75) is 38.1 Å². The number of piperidine rings is 1. The molecule has 3 N–H and O–H groups in total. The van der Waals surface area contributed by atoms with E-state index in [9.17, 15) is 9.59 Å². The number of primary amides is 1. The highest BCUT2D eigenvalue weighted by molar-refractivity contribution is 7.99. The lowest BCUT2D eigenvalue weighted by Gasteiger charge is -2.27. The predicted molar refractivity (Wildman–Crippen MR) is 79.0 cm³/mol. The molecular formula is C13H25N3O2S. The quantitative estimate of drug-likeness (QED) is 0.672. The molecule has 1 atom stereocenters. The monoisotopic (exact) mass is 287 g/mol. The molecular weight excluding hydrogens is 262 g/mol. The maximum atomic E-state index is 11.9. The van der Waals surface area contributed by atoms with E-state index in [4.69, 9.17) is 5.73 Å². The molecule has 1 aliphatic rings. The van der Waals surface area contributed by atoms with E-state index in [1.807, 2.05) is 4.90 Å². The summed E-state index contributed by atoms with van der Waals surface area (Å²) in [4.78, 5) is 25.2. The summed E-state index contributed by atoms with van der Waals surface area (Å²) in [5.41, 5.74) is 4.68. The van der Waals surface area contributed by atoms with Crippen LogP contribution in [0.3, 0.4) is 0 Å². The van der Waals surface area contributed by atoms with Gasteiger partial charge in [0.1, 0.15) is 0 Å². The van der Waals surface area contributed by atoms with E-state index in [-0.39, 0.29) is 11.8 Å². The van der Waals surface area contributed by atoms with E-state index in [2.05, 4.69) is 5.32 Å². The molecule has 1 aliphatic heterocycles. The minimum atomic E-state index is -0.679. The summed E-state index contributed by atoms with van der Waals surface area (Å²) in [5, 5.41) is 2.95. The lowest BCUT2D eigenvalue weighted by Crippen LogP contribution is -2.51. The van der Waals surface area contributed by atoms with Gasteiger partial charge in [0.05, 0.1) is 11.3 Å². The summed E-state index contributed by atoms with van der Waals surface area (Å²) in [6.07, 6.45) is 4.11. The first-order valence-electron chi connectivity index (χ1n) is 6.84. The summed E-state index contributed by atoms with van der Waals surface area (Å²) in [6, 6.07) is 0. The van der Waals surface area contributed by atoms with Crippen LogP contribution in [0.15, 0.2) is 0 Å². The SMILES string of the molecule is CNC(C)(CCSCC(=O)N1CCCCC1)C(N)=O. The van der Waals surface area contributed by atoms with Crippen molar-refractivity contribution >= 4 is 23.6 Å². The minimum absolute atomic E-state index is 0.218. The smallest absolute Gasteiger partial charge is 0.237 e. The number of nitrogens with one attached hydrogen (secondary N) is 1. The highest BCUT2D eigenvalue weighted by Gasteiger charge is 2.28. The van der Waals surface area contributed by atoms with Gasteiger partial charge in [-0.05, 0) is 45.4 Å². The number of amides is 2. The molecule has 1 unspecified atom stereocenters. The van der Waals surface area contributed by atoms with Crippen molar-refractivity contribution in [3.63, 3.8) is 0 Å². The second-order valence-corrected chi connectivity index (χ2v) is 6.30. The zero-order chi connectivity index (χ0) is 14.3. The van der Waals surface area contributed by atoms with Gasteiger partial charge in [0.2, 0.25) is 11.8 Å². The van der Waals surface area contributed by atoms with Crippen molar-refractivity contribution in [1.82, 2.24) is 10.2 Å². The molecule has 0 bridgehead atoms. The number of likely N-dealkylation sites (tertiary alicyclic amines) is 1. The Labute approximate surface area is 119 Å². The first kappa shape index (κ1) is 16.3. The average molecular weight is 287 g/mol. The Kier molecular flexibility index (Phi) is 6.65. The molecule has 0 aliphatic carbocycles. The molecule has 19 heavy (non-hydrogen) atoms. The molecule has 0 aromatic rings. The summed E-state index contributed by atoms with van der Waals surface area (Å²) in [6.45, 7) is 3.59. The Balaban J connectivity index is 2.22. The molecule has 0 saturated carbocycles. The van der Waals surface area contributed by atoms with E-state index in [0.29, 0.717) is 12.2 Å². The average Bonchev–Trinajstić information content (AvgIpc) is 2.43. The van der Waals surface area contributed by atoms with Crippen molar-refractivity contribution in [3.8, 4) is 0 Å². The lowest BCUT2D eigenvalue weighted by molar-refractivity contribution is -0.129. The number of rotatable bonds is 7. The molecule has 1 heterocycles. The van der Waals surface area contributed by atoms with Crippen LogP contribution in [0, 0.1) is 0 Å².